The van der Waals surface area contributed by atoms with E-state index in [-0.39, 0.29) is 47.5 Å². The second-order valence-corrected chi connectivity index (χ2v) is 8.25. The van der Waals surface area contributed by atoms with Crippen LogP contribution in [0.1, 0.15) is 34.5 Å². The van der Waals surface area contributed by atoms with E-state index in [1.807, 2.05) is 0 Å². The molecule has 0 spiro atoms. The Morgan fingerprint density at radius 2 is 1.89 bits per heavy atom. The molecule has 3 heterocycles. The van der Waals surface area contributed by atoms with Crippen molar-refractivity contribution in [3.63, 3.8) is 0 Å². The molecule has 194 valence electrons. The summed E-state index contributed by atoms with van der Waals surface area (Å²) in [5.74, 6) is -2.41. The van der Waals surface area contributed by atoms with Gasteiger partial charge < -0.3 is 15.5 Å². The lowest BCUT2D eigenvalue weighted by Gasteiger charge is -2.16. The number of alkyl halides is 3. The van der Waals surface area contributed by atoms with Crippen LogP contribution < -0.4 is 10.6 Å². The summed E-state index contributed by atoms with van der Waals surface area (Å²) in [6.07, 6.45) is -1.69. The standard InChI is InChI=1S/C24H21F5N6O2/c25-17-4-3-14(18(26)9-17)12-32-20-10-19(23(37)31-5-7-35-6-1-2-21(35)36)33-22(34-20)15-8-16(13-30-11-15)24(27,28)29/h3-4,8-11,13H,1-2,5-7,12H2,(H,31,37)(H,32,33,34). The molecule has 0 radical (unpaired) electrons. The highest BCUT2D eigenvalue weighted by atomic mass is 19.4. The molecule has 4 rings (SSSR count). The number of nitrogens with one attached hydrogen (secondary N) is 2. The molecule has 1 saturated heterocycles. The number of amides is 2. The van der Waals surface area contributed by atoms with Gasteiger partial charge in [0.1, 0.15) is 23.1 Å². The number of rotatable bonds is 8. The van der Waals surface area contributed by atoms with Gasteiger partial charge >= 0.3 is 6.18 Å². The van der Waals surface area contributed by atoms with E-state index in [9.17, 15) is 31.5 Å². The predicted molar refractivity (Wildman–Crippen MR) is 122 cm³/mol. The molecule has 0 bridgehead atoms. The molecule has 13 heteroatoms. The molecule has 0 saturated carbocycles. The zero-order valence-corrected chi connectivity index (χ0v) is 19.3. The van der Waals surface area contributed by atoms with Crippen molar-refractivity contribution in [3.05, 3.63) is 71.2 Å². The van der Waals surface area contributed by atoms with Crippen LogP contribution in [0, 0.1) is 11.6 Å². The lowest BCUT2D eigenvalue weighted by atomic mass is 10.2. The summed E-state index contributed by atoms with van der Waals surface area (Å²) in [5, 5.41) is 5.42. The molecule has 1 aliphatic rings. The van der Waals surface area contributed by atoms with Gasteiger partial charge in [-0.25, -0.2) is 18.7 Å². The molecule has 8 nitrogen and oxygen atoms in total. The molecule has 0 aliphatic carbocycles. The van der Waals surface area contributed by atoms with Crippen molar-refractivity contribution in [3.8, 4) is 11.4 Å². The lowest BCUT2D eigenvalue weighted by Crippen LogP contribution is -2.35. The van der Waals surface area contributed by atoms with E-state index in [1.165, 1.54) is 12.1 Å². The van der Waals surface area contributed by atoms with Crippen molar-refractivity contribution in [1.29, 1.82) is 0 Å². The summed E-state index contributed by atoms with van der Waals surface area (Å²) in [6.45, 7) is 0.887. The number of anilines is 1. The quantitative estimate of drug-likeness (QED) is 0.439. The minimum atomic E-state index is -4.66. The Kier molecular flexibility index (Phi) is 7.60. The van der Waals surface area contributed by atoms with Crippen LogP contribution in [0.4, 0.5) is 27.8 Å². The third-order valence-electron chi connectivity index (χ3n) is 5.60. The van der Waals surface area contributed by atoms with Crippen molar-refractivity contribution in [2.24, 2.45) is 0 Å². The van der Waals surface area contributed by atoms with Gasteiger partial charge in [0.2, 0.25) is 5.91 Å². The third-order valence-corrected chi connectivity index (χ3v) is 5.60. The Morgan fingerprint density at radius 3 is 2.59 bits per heavy atom. The molecule has 1 aliphatic heterocycles. The minimum Gasteiger partial charge on any atom is -0.366 e. The Bertz CT molecular complexity index is 1320. The van der Waals surface area contributed by atoms with E-state index in [0.717, 1.165) is 24.8 Å². The molecular formula is C24H21F5N6O2. The van der Waals surface area contributed by atoms with E-state index >= 15 is 0 Å². The average molecular weight is 520 g/mol. The highest BCUT2D eigenvalue weighted by Crippen LogP contribution is 2.31. The van der Waals surface area contributed by atoms with Crippen molar-refractivity contribution >= 4 is 17.6 Å². The molecule has 2 N–H and O–H groups in total. The summed E-state index contributed by atoms with van der Waals surface area (Å²) in [5.41, 5.74) is -1.19. The average Bonchev–Trinajstić information content (AvgIpc) is 3.27. The van der Waals surface area contributed by atoms with E-state index in [1.54, 1.807) is 4.90 Å². The Balaban J connectivity index is 1.59. The van der Waals surface area contributed by atoms with E-state index in [2.05, 4.69) is 25.6 Å². The number of pyridine rings is 1. The zero-order valence-electron chi connectivity index (χ0n) is 19.3. The van der Waals surface area contributed by atoms with Gasteiger partial charge in [-0.05, 0) is 18.6 Å². The number of aromatic nitrogens is 3. The highest BCUT2D eigenvalue weighted by molar-refractivity contribution is 5.93. The van der Waals surface area contributed by atoms with Crippen LogP contribution in [0.3, 0.4) is 0 Å². The normalized spacial score (nSPS) is 13.6. The molecule has 0 atom stereocenters. The maximum Gasteiger partial charge on any atom is 0.417 e. The smallest absolute Gasteiger partial charge is 0.366 e. The molecule has 37 heavy (non-hydrogen) atoms. The second-order valence-electron chi connectivity index (χ2n) is 8.25. The van der Waals surface area contributed by atoms with Gasteiger partial charge in [0.15, 0.2) is 5.82 Å². The second kappa shape index (κ2) is 10.8. The number of hydrogen-bond acceptors (Lipinski definition) is 6. The van der Waals surface area contributed by atoms with Gasteiger partial charge in [-0.1, -0.05) is 6.07 Å². The van der Waals surface area contributed by atoms with Crippen LogP contribution in [0.2, 0.25) is 0 Å². The van der Waals surface area contributed by atoms with Crippen LogP contribution in [0.15, 0.2) is 42.7 Å². The fraction of sp³-hybridized carbons (Fsp3) is 0.292. The minimum absolute atomic E-state index is 0.00451. The Hall–Kier alpha value is -4.16. The number of benzene rings is 1. The first kappa shape index (κ1) is 25.9. The fourth-order valence-corrected chi connectivity index (χ4v) is 3.69. The van der Waals surface area contributed by atoms with Gasteiger partial charge in [-0.15, -0.1) is 0 Å². The molecule has 0 unspecified atom stereocenters. The number of nitrogens with zero attached hydrogens (tertiary/aromatic N) is 4. The van der Waals surface area contributed by atoms with Crippen molar-refractivity contribution in [2.45, 2.75) is 25.6 Å². The van der Waals surface area contributed by atoms with Gasteiger partial charge in [0.25, 0.3) is 5.91 Å². The van der Waals surface area contributed by atoms with Crippen LogP contribution >= 0.6 is 0 Å². The van der Waals surface area contributed by atoms with Crippen LogP contribution in [-0.2, 0) is 17.5 Å². The maximum atomic E-state index is 14.0. The summed E-state index contributed by atoms with van der Waals surface area (Å²) in [7, 11) is 0. The first-order valence-corrected chi connectivity index (χ1v) is 11.3. The lowest BCUT2D eigenvalue weighted by molar-refractivity contribution is -0.137. The SMILES string of the molecule is O=C(NCCN1CCCC1=O)c1cc(NCc2ccc(F)cc2F)nc(-c2cncc(C(F)(F)F)c2)n1. The third kappa shape index (κ3) is 6.54. The molecule has 1 aromatic carbocycles. The number of hydrogen-bond donors (Lipinski definition) is 2. The molecule has 2 aromatic heterocycles. The van der Waals surface area contributed by atoms with Crippen molar-refractivity contribution < 1.29 is 31.5 Å². The largest absolute Gasteiger partial charge is 0.417 e. The van der Waals surface area contributed by atoms with Crippen LogP contribution in [0.25, 0.3) is 11.4 Å². The summed E-state index contributed by atoms with van der Waals surface area (Å²) in [4.78, 5) is 38.0. The summed E-state index contributed by atoms with van der Waals surface area (Å²) in [6, 6.07) is 5.06. The Labute approximate surface area is 207 Å². The van der Waals surface area contributed by atoms with E-state index in [0.29, 0.717) is 31.8 Å². The van der Waals surface area contributed by atoms with Gasteiger partial charge in [0, 0.05) is 68.3 Å². The maximum absolute atomic E-state index is 14.0. The predicted octanol–water partition coefficient (Wildman–Crippen LogP) is 3.80. The Morgan fingerprint density at radius 1 is 1.08 bits per heavy atom. The number of carbonyl (C=O) groups excluding carboxylic acids is 2. The van der Waals surface area contributed by atoms with Crippen molar-refractivity contribution in [2.75, 3.05) is 25.0 Å². The molecule has 3 aromatic rings. The van der Waals surface area contributed by atoms with Crippen LogP contribution in [0.5, 0.6) is 0 Å². The monoisotopic (exact) mass is 520 g/mol. The van der Waals surface area contributed by atoms with Gasteiger partial charge in [-0.3, -0.25) is 14.6 Å². The van der Waals surface area contributed by atoms with E-state index < -0.39 is 29.3 Å². The first-order chi connectivity index (χ1) is 17.6. The number of halogens is 5. The summed E-state index contributed by atoms with van der Waals surface area (Å²) < 4.78 is 66.8. The van der Waals surface area contributed by atoms with Gasteiger partial charge in [-0.2, -0.15) is 13.2 Å². The fourth-order valence-electron chi connectivity index (χ4n) is 3.69. The zero-order chi connectivity index (χ0) is 26.6. The van der Waals surface area contributed by atoms with Crippen molar-refractivity contribution in [1.82, 2.24) is 25.2 Å². The molecular weight excluding hydrogens is 499 g/mol. The molecule has 1 fully saturated rings. The van der Waals surface area contributed by atoms with Crippen LogP contribution in [-0.4, -0.2) is 51.3 Å². The summed E-state index contributed by atoms with van der Waals surface area (Å²) >= 11 is 0. The number of carbonyl (C=O) groups is 2. The highest BCUT2D eigenvalue weighted by Gasteiger charge is 2.31. The number of likely N-dealkylation sites (tertiary alicyclic amines) is 1. The first-order valence-electron chi connectivity index (χ1n) is 11.3. The molecule has 2 amide bonds. The van der Waals surface area contributed by atoms with Gasteiger partial charge in [0.05, 0.1) is 5.56 Å². The van der Waals surface area contributed by atoms with E-state index in [4.69, 9.17) is 0 Å². The topological polar surface area (TPSA) is 100 Å².